The topological polar surface area (TPSA) is 90.5 Å². The fourth-order valence-electron chi connectivity index (χ4n) is 4.97. The summed E-state index contributed by atoms with van der Waals surface area (Å²) in [5, 5.41) is 0.746. The highest BCUT2D eigenvalue weighted by atomic mass is 35.5. The monoisotopic (exact) mass is 586 g/mol. The van der Waals surface area contributed by atoms with E-state index >= 15 is 0 Å². The van der Waals surface area contributed by atoms with Gasteiger partial charge < -0.3 is 19.4 Å². The fourth-order valence-corrected chi connectivity index (χ4v) is 6.10. The van der Waals surface area contributed by atoms with Crippen molar-refractivity contribution in [2.24, 2.45) is 0 Å². The second-order valence-corrected chi connectivity index (χ2v) is 12.2. The van der Waals surface area contributed by atoms with Gasteiger partial charge in [-0.1, -0.05) is 29.3 Å². The Hall–Kier alpha value is -2.60. The number of carbonyl (C=O) groups is 2. The first kappa shape index (κ1) is 28.4. The minimum absolute atomic E-state index is 0.0338. The van der Waals surface area contributed by atoms with Crippen molar-refractivity contribution in [2.45, 2.75) is 12.0 Å². The van der Waals surface area contributed by atoms with E-state index in [1.807, 2.05) is 6.07 Å². The molecule has 2 aromatic carbocycles. The van der Waals surface area contributed by atoms with Crippen LogP contribution in [0.15, 0.2) is 36.4 Å². The summed E-state index contributed by atoms with van der Waals surface area (Å²) in [6.45, 7) is 1.52. The number of carbonyl (C=O) groups excluding carboxylic acids is 2. The Kier molecular flexibility index (Phi) is 8.41. The number of hydrogen-bond acceptors (Lipinski definition) is 5. The van der Waals surface area contributed by atoms with Crippen molar-refractivity contribution >= 4 is 45.2 Å². The number of likely N-dealkylation sites (N-methyl/N-ethyl adjacent to an activating group) is 1. The second kappa shape index (κ2) is 11.3. The Morgan fingerprint density at radius 2 is 1.68 bits per heavy atom. The van der Waals surface area contributed by atoms with E-state index in [9.17, 15) is 22.4 Å². The number of rotatable bonds is 5. The number of nitrogens with zero attached hydrogens (tertiary/aromatic N) is 4. The summed E-state index contributed by atoms with van der Waals surface area (Å²) in [6.07, 6.45) is 1.15. The van der Waals surface area contributed by atoms with Gasteiger partial charge in [0.05, 0.1) is 29.5 Å². The zero-order valence-electron chi connectivity index (χ0n) is 21.2. The van der Waals surface area contributed by atoms with E-state index in [0.29, 0.717) is 16.6 Å². The van der Waals surface area contributed by atoms with Crippen molar-refractivity contribution in [1.29, 1.82) is 0 Å². The molecule has 0 spiro atoms. The maximum Gasteiger partial charge on any atom is 0.320 e. The molecule has 0 unspecified atom stereocenters. The van der Waals surface area contributed by atoms with Crippen LogP contribution in [0.2, 0.25) is 10.0 Å². The van der Waals surface area contributed by atoms with E-state index < -0.39 is 27.8 Å². The van der Waals surface area contributed by atoms with Gasteiger partial charge in [-0.3, -0.25) is 4.79 Å². The Balaban J connectivity index is 1.58. The molecule has 2 atom stereocenters. The molecule has 2 aliphatic rings. The number of amides is 3. The number of piperazine rings is 1. The van der Waals surface area contributed by atoms with E-state index in [0.717, 1.165) is 17.9 Å². The van der Waals surface area contributed by atoms with Crippen LogP contribution in [0.5, 0.6) is 5.75 Å². The molecule has 0 N–H and O–H groups in total. The third-order valence-electron chi connectivity index (χ3n) is 7.13. The van der Waals surface area contributed by atoms with Crippen molar-refractivity contribution in [2.75, 3.05) is 59.7 Å². The van der Waals surface area contributed by atoms with Crippen LogP contribution in [0.25, 0.3) is 0 Å². The molecule has 4 rings (SSSR count). The molecule has 0 saturated carbocycles. The summed E-state index contributed by atoms with van der Waals surface area (Å²) in [6, 6.07) is 8.56. The lowest BCUT2D eigenvalue weighted by Crippen LogP contribution is -2.53. The first-order chi connectivity index (χ1) is 17.9. The number of likely N-dealkylation sites (tertiary alicyclic amines) is 1. The molecule has 0 radical (unpaired) electrons. The number of methoxy groups -OCH3 is 1. The lowest BCUT2D eigenvalue weighted by molar-refractivity contribution is 0.0722. The minimum atomic E-state index is -3.33. The van der Waals surface area contributed by atoms with Crippen molar-refractivity contribution in [3.63, 3.8) is 0 Å². The zero-order chi connectivity index (χ0) is 27.8. The third kappa shape index (κ3) is 5.85. The molecule has 2 aromatic rings. The Morgan fingerprint density at radius 1 is 1.00 bits per heavy atom. The third-order valence-corrected chi connectivity index (χ3v) is 9.17. The zero-order valence-corrected chi connectivity index (χ0v) is 23.6. The number of hydrogen-bond donors (Lipinski definition) is 0. The van der Waals surface area contributed by atoms with Gasteiger partial charge in [0.1, 0.15) is 0 Å². The molecular formula is C25H29Cl2FN4O5S. The summed E-state index contributed by atoms with van der Waals surface area (Å²) >= 11 is 12.4. The molecule has 2 fully saturated rings. The van der Waals surface area contributed by atoms with Gasteiger partial charge in [0.2, 0.25) is 10.0 Å². The molecule has 13 heteroatoms. The normalized spacial score (nSPS) is 20.5. The van der Waals surface area contributed by atoms with Gasteiger partial charge in [0.25, 0.3) is 5.91 Å². The summed E-state index contributed by atoms with van der Waals surface area (Å²) in [4.78, 5) is 31.6. The average molecular weight is 588 g/mol. The quantitative estimate of drug-likeness (QED) is 0.536. The number of halogens is 3. The number of sulfonamides is 1. The van der Waals surface area contributed by atoms with E-state index in [1.54, 1.807) is 29.0 Å². The number of ether oxygens (including phenoxy) is 1. The summed E-state index contributed by atoms with van der Waals surface area (Å²) < 4.78 is 44.3. The van der Waals surface area contributed by atoms with Crippen LogP contribution in [-0.2, 0) is 10.0 Å². The molecular weight excluding hydrogens is 558 g/mol. The molecule has 0 bridgehead atoms. The molecule has 206 valence electrons. The predicted octanol–water partition coefficient (Wildman–Crippen LogP) is 3.38. The predicted molar refractivity (Wildman–Crippen MR) is 143 cm³/mol. The standard InChI is InChI=1S/C25H29Cl2FN4O5S/c1-29(24(33)17-5-7-23(37-2)21(28)13-17)22-15-31(14-18(22)16-4-6-19(26)20(27)12-16)25(34)30-8-10-32(11-9-30)38(3,35)36/h4-7,12-13,18,22H,8-11,14-15H2,1-3H3/t18-,22-/m0/s1. The minimum Gasteiger partial charge on any atom is -0.494 e. The molecule has 0 aliphatic carbocycles. The van der Waals surface area contributed by atoms with Gasteiger partial charge in [-0.15, -0.1) is 0 Å². The Labute approximate surface area is 231 Å². The van der Waals surface area contributed by atoms with Gasteiger partial charge >= 0.3 is 6.03 Å². The van der Waals surface area contributed by atoms with Gasteiger partial charge in [-0.2, -0.15) is 4.31 Å². The van der Waals surface area contributed by atoms with Gasteiger partial charge in [0, 0.05) is 57.8 Å². The molecule has 38 heavy (non-hydrogen) atoms. The summed E-state index contributed by atoms with van der Waals surface area (Å²) in [7, 11) is -0.360. The van der Waals surface area contributed by atoms with Crippen LogP contribution in [-0.4, -0.2) is 105 Å². The highest BCUT2D eigenvalue weighted by molar-refractivity contribution is 7.88. The average Bonchev–Trinajstić information content (AvgIpc) is 3.34. The highest BCUT2D eigenvalue weighted by Gasteiger charge is 2.42. The van der Waals surface area contributed by atoms with Crippen LogP contribution in [0.3, 0.4) is 0 Å². The smallest absolute Gasteiger partial charge is 0.320 e. The largest absolute Gasteiger partial charge is 0.494 e. The molecule has 9 nitrogen and oxygen atoms in total. The second-order valence-electron chi connectivity index (χ2n) is 9.45. The highest BCUT2D eigenvalue weighted by Crippen LogP contribution is 2.35. The lowest BCUT2D eigenvalue weighted by atomic mass is 9.93. The van der Waals surface area contributed by atoms with E-state index in [1.165, 1.54) is 28.4 Å². The van der Waals surface area contributed by atoms with Crippen molar-refractivity contribution < 1.29 is 27.1 Å². The van der Waals surface area contributed by atoms with E-state index in [4.69, 9.17) is 27.9 Å². The van der Waals surface area contributed by atoms with Crippen molar-refractivity contribution in [1.82, 2.24) is 19.0 Å². The van der Waals surface area contributed by atoms with E-state index in [-0.39, 0.29) is 56.0 Å². The van der Waals surface area contributed by atoms with Crippen molar-refractivity contribution in [3.8, 4) is 5.75 Å². The van der Waals surface area contributed by atoms with E-state index in [2.05, 4.69) is 0 Å². The van der Waals surface area contributed by atoms with Crippen LogP contribution in [0.1, 0.15) is 21.8 Å². The number of urea groups is 1. The molecule has 2 saturated heterocycles. The summed E-state index contributed by atoms with van der Waals surface area (Å²) in [5.74, 6) is -1.31. The SMILES string of the molecule is COc1ccc(C(=O)N(C)[C@H]2CN(C(=O)N3CCN(S(C)(=O)=O)CC3)C[C@H]2c2ccc(Cl)c(Cl)c2)cc1F. The van der Waals surface area contributed by atoms with Crippen LogP contribution in [0, 0.1) is 5.82 Å². The molecule has 2 aliphatic heterocycles. The maximum absolute atomic E-state index is 14.3. The fraction of sp³-hybridized carbons (Fsp3) is 0.440. The van der Waals surface area contributed by atoms with Crippen molar-refractivity contribution in [3.05, 3.63) is 63.4 Å². The van der Waals surface area contributed by atoms with Gasteiger partial charge in [-0.05, 0) is 35.9 Å². The van der Waals surface area contributed by atoms with Crippen LogP contribution in [0.4, 0.5) is 9.18 Å². The first-order valence-electron chi connectivity index (χ1n) is 11.9. The number of benzene rings is 2. The van der Waals surface area contributed by atoms with Crippen LogP contribution < -0.4 is 4.74 Å². The van der Waals surface area contributed by atoms with Crippen LogP contribution >= 0.6 is 23.2 Å². The summed E-state index contributed by atoms with van der Waals surface area (Å²) in [5.41, 5.74) is 0.961. The Bertz CT molecular complexity index is 1340. The molecule has 2 heterocycles. The first-order valence-corrected chi connectivity index (χ1v) is 14.6. The van der Waals surface area contributed by atoms with Gasteiger partial charge in [0.15, 0.2) is 11.6 Å². The molecule has 3 amide bonds. The maximum atomic E-state index is 14.3. The molecule has 0 aromatic heterocycles. The van der Waals surface area contributed by atoms with Gasteiger partial charge in [-0.25, -0.2) is 17.6 Å². The Morgan fingerprint density at radius 3 is 2.26 bits per heavy atom. The lowest BCUT2D eigenvalue weighted by Gasteiger charge is -2.35.